The fraction of sp³-hybridized carbons (Fsp3) is 0.905. The molecule has 4 nitrogen and oxygen atoms in total. The van der Waals surface area contributed by atoms with E-state index in [4.69, 9.17) is 10.3 Å². The van der Waals surface area contributed by atoms with E-state index in [-0.39, 0.29) is 31.8 Å². The van der Waals surface area contributed by atoms with Crippen LogP contribution in [0.15, 0.2) is 0 Å². The minimum atomic E-state index is -0.829. The molecule has 27 heavy (non-hydrogen) atoms. The molecule has 0 N–H and O–H groups in total. The summed E-state index contributed by atoms with van der Waals surface area (Å²) in [6.45, 7) is 13.0. The van der Waals surface area contributed by atoms with Crippen LogP contribution in [0.1, 0.15) is 92.9 Å². The number of hydrogen-bond donors (Lipinski definition) is 0. The van der Waals surface area contributed by atoms with Gasteiger partial charge in [-0.1, -0.05) is 53.4 Å². The van der Waals surface area contributed by atoms with E-state index in [0.717, 1.165) is 38.5 Å². The molecule has 0 bridgehead atoms. The largest absolute Gasteiger partial charge is 0.365 e. The van der Waals surface area contributed by atoms with Crippen LogP contribution in [0.5, 0.6) is 0 Å². The fourth-order valence-electron chi connectivity index (χ4n) is 3.70. The van der Waals surface area contributed by atoms with Crippen molar-refractivity contribution in [2.45, 2.75) is 92.9 Å². The number of hydrogen-bond acceptors (Lipinski definition) is 4. The van der Waals surface area contributed by atoms with Crippen molar-refractivity contribution < 1.29 is 18.6 Å². The van der Waals surface area contributed by atoms with Crippen LogP contribution in [-0.2, 0) is 18.6 Å². The predicted molar refractivity (Wildman–Crippen MR) is 120 cm³/mol. The van der Waals surface area contributed by atoms with Crippen molar-refractivity contribution in [2.75, 3.05) is 13.2 Å². The average Bonchev–Trinajstić information content (AvgIpc) is 2.58. The van der Waals surface area contributed by atoms with E-state index in [0.29, 0.717) is 26.1 Å². The van der Waals surface area contributed by atoms with Gasteiger partial charge in [0.1, 0.15) is 11.6 Å². The number of carbonyl (C=O) groups excluding carboxylic acids is 2. The van der Waals surface area contributed by atoms with Gasteiger partial charge in [-0.3, -0.25) is 9.59 Å². The Balaban J connectivity index is 4.68. The van der Waals surface area contributed by atoms with E-state index >= 15 is 0 Å². The maximum Gasteiger partial charge on any atom is 0.143 e. The summed E-state index contributed by atoms with van der Waals surface area (Å²) < 4.78 is 17.6. The highest BCUT2D eigenvalue weighted by Gasteiger charge is 2.39. The molecule has 0 aliphatic heterocycles. The fourth-order valence-corrected chi connectivity index (χ4v) is 4.54. The van der Waals surface area contributed by atoms with E-state index in [1.54, 1.807) is 13.8 Å². The minimum Gasteiger partial charge on any atom is -0.365 e. The third-order valence-corrected chi connectivity index (χ3v) is 6.01. The first kappa shape index (κ1) is 25.2. The van der Waals surface area contributed by atoms with Gasteiger partial charge < -0.3 is 9.05 Å². The molecule has 0 saturated heterocycles. The number of unbranched alkanes of at least 4 members (excludes halogenated alkanes) is 2. The van der Waals surface area contributed by atoms with E-state index in [1.165, 1.54) is 0 Å². The summed E-state index contributed by atoms with van der Waals surface area (Å²) >= 11 is 0. The molecule has 0 aliphatic rings. The summed E-state index contributed by atoms with van der Waals surface area (Å²) in [4.78, 5) is 24.9. The molecule has 2 atom stereocenters. The lowest BCUT2D eigenvalue weighted by Gasteiger charge is -2.30. The standard InChI is InChI=1S/C21H42O4P2/c1-17(22)21(18(2)23,13-9-7-11-19(3,4)15-24-26)14-10-8-12-20(5,6)16-25-27/h7-16,26-27H2,1-6H3/i26T. The smallest absolute Gasteiger partial charge is 0.143 e. The summed E-state index contributed by atoms with van der Waals surface area (Å²) in [7, 11) is 2.07. The monoisotopic (exact) mass is 422 g/mol. The molecule has 2 unspecified atom stereocenters. The van der Waals surface area contributed by atoms with Crippen molar-refractivity contribution in [3.63, 3.8) is 0 Å². The van der Waals surface area contributed by atoms with Crippen LogP contribution in [0.3, 0.4) is 0 Å². The number of Topliss-reactive ketones (excluding diaryl/α,β-unsaturated/α-hetero) is 2. The van der Waals surface area contributed by atoms with Gasteiger partial charge in [-0.05, 0) is 50.4 Å². The highest BCUT2D eigenvalue weighted by molar-refractivity contribution is 7.10. The van der Waals surface area contributed by atoms with Crippen LogP contribution in [0.4, 0.5) is 0 Å². The lowest BCUT2D eigenvalue weighted by atomic mass is 9.71. The van der Waals surface area contributed by atoms with Gasteiger partial charge in [0.25, 0.3) is 0 Å². The Morgan fingerprint density at radius 1 is 0.778 bits per heavy atom. The molecule has 0 aliphatic carbocycles. The molecule has 6 heteroatoms. The zero-order chi connectivity index (χ0) is 21.8. The highest BCUT2D eigenvalue weighted by Crippen LogP contribution is 2.36. The van der Waals surface area contributed by atoms with Crippen molar-refractivity contribution in [3.8, 4) is 0 Å². The number of carbonyl (C=O) groups is 2. The average molecular weight is 423 g/mol. The van der Waals surface area contributed by atoms with Gasteiger partial charge in [0.15, 0.2) is 0 Å². The predicted octanol–water partition coefficient (Wildman–Crippen LogP) is 5.94. The van der Waals surface area contributed by atoms with Crippen LogP contribution in [0, 0.1) is 16.2 Å². The maximum atomic E-state index is 12.4. The van der Waals surface area contributed by atoms with Crippen molar-refractivity contribution in [1.82, 2.24) is 0 Å². The molecule has 0 spiro atoms. The van der Waals surface area contributed by atoms with Gasteiger partial charge in [-0.15, -0.1) is 0 Å². The third-order valence-electron chi connectivity index (χ3n) is 5.70. The molecule has 0 radical (unpaired) electrons. The Bertz CT molecular complexity index is 467. The maximum absolute atomic E-state index is 12.4. The van der Waals surface area contributed by atoms with Gasteiger partial charge in [0.2, 0.25) is 0 Å². The lowest BCUT2D eigenvalue weighted by Crippen LogP contribution is -2.36. The first-order chi connectivity index (χ1) is 12.9. The second-order valence-electron chi connectivity index (χ2n) is 9.54. The molecule has 160 valence electrons. The molecule has 0 aromatic heterocycles. The molecule has 0 rings (SSSR count). The Hall–Kier alpha value is 0.120. The number of ketones is 2. The molecule has 0 amide bonds. The summed E-state index contributed by atoms with van der Waals surface area (Å²) in [5.41, 5.74) is -0.705. The van der Waals surface area contributed by atoms with E-state index < -0.39 is 5.41 Å². The Kier molecular flexibility index (Phi) is 11.8. The quantitative estimate of drug-likeness (QED) is 0.165. The van der Waals surface area contributed by atoms with E-state index in [1.807, 2.05) is 0 Å². The SMILES string of the molecule is [3H]POCC(C)(C)CCCCC(CCCCC(C)(C)COP)(C(C)=O)C(C)=O. The van der Waals surface area contributed by atoms with Gasteiger partial charge in [-0.2, -0.15) is 0 Å². The molecule has 0 heterocycles. The molecule has 0 saturated carbocycles. The van der Waals surface area contributed by atoms with Crippen molar-refractivity contribution in [3.05, 3.63) is 0 Å². The van der Waals surface area contributed by atoms with Crippen LogP contribution in [0.25, 0.3) is 0 Å². The summed E-state index contributed by atoms with van der Waals surface area (Å²) in [6.07, 6.45) is 6.93. The topological polar surface area (TPSA) is 52.6 Å². The van der Waals surface area contributed by atoms with Crippen LogP contribution in [-0.4, -0.2) is 26.1 Å². The second kappa shape index (κ2) is 12.6. The molecular weight excluding hydrogens is 378 g/mol. The van der Waals surface area contributed by atoms with E-state index in [2.05, 4.69) is 37.2 Å². The van der Waals surface area contributed by atoms with Crippen LogP contribution >= 0.6 is 18.9 Å². The Morgan fingerprint density at radius 3 is 1.48 bits per heavy atom. The third kappa shape index (κ3) is 10.5. The Morgan fingerprint density at radius 2 is 1.15 bits per heavy atom. The number of rotatable bonds is 17. The van der Waals surface area contributed by atoms with Crippen LogP contribution < -0.4 is 0 Å². The summed E-state index contributed by atoms with van der Waals surface area (Å²) in [5.74, 6) is 0.0103. The van der Waals surface area contributed by atoms with Crippen molar-refractivity contribution in [2.24, 2.45) is 16.2 Å². The van der Waals surface area contributed by atoms with Crippen molar-refractivity contribution >= 4 is 30.4 Å². The van der Waals surface area contributed by atoms with Gasteiger partial charge in [0.05, 0.1) is 19.9 Å². The highest BCUT2D eigenvalue weighted by atomic mass is 31.0. The first-order valence-corrected chi connectivity index (χ1v) is 10.9. The molecular formula is C21H42O4P2. The van der Waals surface area contributed by atoms with Crippen molar-refractivity contribution in [1.29, 1.82) is 1.28 Å². The van der Waals surface area contributed by atoms with Gasteiger partial charge >= 0.3 is 0 Å². The lowest BCUT2D eigenvalue weighted by molar-refractivity contribution is -0.139. The minimum absolute atomic E-state index is 0.00514. The van der Waals surface area contributed by atoms with Crippen LogP contribution in [0.2, 0.25) is 0 Å². The van der Waals surface area contributed by atoms with E-state index in [9.17, 15) is 9.59 Å². The zero-order valence-electron chi connectivity index (χ0n) is 19.3. The Labute approximate surface area is 173 Å². The van der Waals surface area contributed by atoms with Gasteiger partial charge in [0, 0.05) is 18.9 Å². The molecule has 0 aromatic rings. The first-order valence-electron chi connectivity index (χ1n) is 10.5. The molecule has 0 aromatic carbocycles. The van der Waals surface area contributed by atoms with Gasteiger partial charge in [-0.25, -0.2) is 0 Å². The second-order valence-corrected chi connectivity index (χ2v) is 10.2. The summed E-state index contributed by atoms with van der Waals surface area (Å²) in [6, 6.07) is 0. The normalized spacial score (nSPS) is 14.0. The summed E-state index contributed by atoms with van der Waals surface area (Å²) in [5, 5.41) is 0. The zero-order valence-corrected chi connectivity index (χ0v) is 20.4. The molecule has 0 fully saturated rings.